The van der Waals surface area contributed by atoms with Crippen LogP contribution >= 0.6 is 0 Å². The summed E-state index contributed by atoms with van der Waals surface area (Å²) < 4.78 is 10.2. The highest BCUT2D eigenvalue weighted by Crippen LogP contribution is 2.27. The topological polar surface area (TPSA) is 69.7 Å². The molecule has 0 aliphatic carbocycles. The van der Waals surface area contributed by atoms with Crippen LogP contribution in [0.4, 0.5) is 0 Å². The molecule has 0 saturated carbocycles. The van der Waals surface area contributed by atoms with E-state index in [0.717, 1.165) is 64.2 Å². The number of hydrogen-bond donors (Lipinski definition) is 0. The Labute approximate surface area is 184 Å². The molecule has 0 saturated heterocycles. The molecule has 0 aromatic carbocycles. The number of unbranched alkanes of at least 4 members (excludes halogenated alkanes) is 6. The standard InChI is InChI=1S/C25H46O5/c1-7-29-22(27)24(3,4)19-15-11-9-13-17-21(26)18-14-10-12-16-20-25(5,6)23(28)30-8-2/h7-20H2,1-6H3. The lowest BCUT2D eigenvalue weighted by Crippen LogP contribution is -2.26. The van der Waals surface area contributed by atoms with Crippen molar-refractivity contribution >= 4 is 17.7 Å². The van der Waals surface area contributed by atoms with Crippen LogP contribution in [-0.4, -0.2) is 30.9 Å². The molecule has 0 rings (SSSR count). The Bertz CT molecular complexity index is 464. The highest BCUT2D eigenvalue weighted by molar-refractivity contribution is 5.78. The normalized spacial score (nSPS) is 11.9. The van der Waals surface area contributed by atoms with Crippen molar-refractivity contribution in [2.45, 2.75) is 119 Å². The first-order chi connectivity index (χ1) is 14.1. The summed E-state index contributed by atoms with van der Waals surface area (Å²) in [5.74, 6) is 0.114. The lowest BCUT2D eigenvalue weighted by atomic mass is 9.86. The summed E-state index contributed by atoms with van der Waals surface area (Å²) in [5.41, 5.74) is -0.839. The van der Waals surface area contributed by atoms with Crippen LogP contribution in [0.15, 0.2) is 0 Å². The second kappa shape index (κ2) is 15.4. The van der Waals surface area contributed by atoms with E-state index in [1.807, 2.05) is 41.5 Å². The first kappa shape index (κ1) is 28.6. The Kier molecular flexibility index (Phi) is 14.7. The van der Waals surface area contributed by atoms with Crippen LogP contribution in [0.5, 0.6) is 0 Å². The molecule has 5 heteroatoms. The van der Waals surface area contributed by atoms with Gasteiger partial charge in [-0.1, -0.05) is 38.5 Å². The molecule has 0 N–H and O–H groups in total. The Morgan fingerprint density at radius 1 is 0.567 bits per heavy atom. The van der Waals surface area contributed by atoms with E-state index in [4.69, 9.17) is 9.47 Å². The lowest BCUT2D eigenvalue weighted by molar-refractivity contribution is -0.154. The molecular weight excluding hydrogens is 380 g/mol. The first-order valence-corrected chi connectivity index (χ1v) is 11.9. The second-order valence-corrected chi connectivity index (χ2v) is 9.58. The van der Waals surface area contributed by atoms with Gasteiger partial charge in [0.15, 0.2) is 0 Å². The minimum absolute atomic E-state index is 0.121. The number of carbonyl (C=O) groups is 3. The molecule has 0 heterocycles. The van der Waals surface area contributed by atoms with E-state index in [0.29, 0.717) is 31.8 Å². The zero-order chi connectivity index (χ0) is 23.0. The molecule has 5 nitrogen and oxygen atoms in total. The summed E-state index contributed by atoms with van der Waals surface area (Å²) in [4.78, 5) is 35.7. The van der Waals surface area contributed by atoms with Crippen molar-refractivity contribution in [3.63, 3.8) is 0 Å². The molecule has 0 aromatic rings. The third-order valence-electron chi connectivity index (χ3n) is 5.67. The highest BCUT2D eigenvalue weighted by Gasteiger charge is 2.29. The van der Waals surface area contributed by atoms with Gasteiger partial charge in [-0.25, -0.2) is 0 Å². The first-order valence-electron chi connectivity index (χ1n) is 11.9. The molecule has 176 valence electrons. The summed E-state index contributed by atoms with van der Waals surface area (Å²) in [5, 5.41) is 0. The minimum Gasteiger partial charge on any atom is -0.466 e. The summed E-state index contributed by atoms with van der Waals surface area (Å²) in [6.45, 7) is 12.3. The van der Waals surface area contributed by atoms with E-state index in [-0.39, 0.29) is 11.9 Å². The predicted octanol–water partition coefficient (Wildman–Crippen LogP) is 6.42. The number of hydrogen-bond acceptors (Lipinski definition) is 5. The largest absolute Gasteiger partial charge is 0.466 e. The lowest BCUT2D eigenvalue weighted by Gasteiger charge is -2.22. The molecule has 0 radical (unpaired) electrons. The van der Waals surface area contributed by atoms with Crippen molar-refractivity contribution in [3.05, 3.63) is 0 Å². The number of rotatable bonds is 18. The van der Waals surface area contributed by atoms with Crippen molar-refractivity contribution in [2.75, 3.05) is 13.2 Å². The van der Waals surface area contributed by atoms with Gasteiger partial charge in [-0.15, -0.1) is 0 Å². The van der Waals surface area contributed by atoms with Gasteiger partial charge in [0.25, 0.3) is 0 Å². The van der Waals surface area contributed by atoms with E-state index >= 15 is 0 Å². The number of Topliss-reactive ketones (excluding diaryl/α,β-unsaturated/α-hetero) is 1. The van der Waals surface area contributed by atoms with E-state index in [2.05, 4.69) is 0 Å². The van der Waals surface area contributed by atoms with E-state index in [1.165, 1.54) is 0 Å². The zero-order valence-electron chi connectivity index (χ0n) is 20.4. The van der Waals surface area contributed by atoms with Crippen LogP contribution in [0.2, 0.25) is 0 Å². The third-order valence-corrected chi connectivity index (χ3v) is 5.67. The van der Waals surface area contributed by atoms with Crippen LogP contribution in [0, 0.1) is 10.8 Å². The van der Waals surface area contributed by atoms with Gasteiger partial charge >= 0.3 is 11.9 Å². The van der Waals surface area contributed by atoms with Crippen LogP contribution in [0.1, 0.15) is 119 Å². The Hall–Kier alpha value is -1.39. The van der Waals surface area contributed by atoms with Crippen molar-refractivity contribution in [2.24, 2.45) is 10.8 Å². The van der Waals surface area contributed by atoms with E-state index < -0.39 is 10.8 Å². The highest BCUT2D eigenvalue weighted by atomic mass is 16.5. The molecule has 0 bridgehead atoms. The van der Waals surface area contributed by atoms with Crippen LogP contribution < -0.4 is 0 Å². The fraction of sp³-hybridized carbons (Fsp3) is 0.880. The summed E-state index contributed by atoms with van der Waals surface area (Å²) in [6, 6.07) is 0. The number of ether oxygens (including phenoxy) is 2. The second-order valence-electron chi connectivity index (χ2n) is 9.58. The van der Waals surface area contributed by atoms with Crippen LogP contribution in [0.25, 0.3) is 0 Å². The van der Waals surface area contributed by atoms with Crippen molar-refractivity contribution in [3.8, 4) is 0 Å². The summed E-state index contributed by atoms with van der Waals surface area (Å²) in [7, 11) is 0. The van der Waals surface area contributed by atoms with Gasteiger partial charge in [-0.05, 0) is 67.2 Å². The monoisotopic (exact) mass is 426 g/mol. The average molecular weight is 427 g/mol. The molecule has 0 unspecified atom stereocenters. The fourth-order valence-electron chi connectivity index (χ4n) is 3.47. The maximum atomic E-state index is 12.0. The number of esters is 2. The SMILES string of the molecule is CCOC(=O)C(C)(C)CCCCCCC(=O)CCCCCCC(C)(C)C(=O)OCC. The average Bonchev–Trinajstić information content (AvgIpc) is 2.67. The molecule has 0 amide bonds. The number of carbonyl (C=O) groups excluding carboxylic acids is 3. The molecule has 0 fully saturated rings. The number of ketones is 1. The maximum absolute atomic E-state index is 12.0. The molecule has 30 heavy (non-hydrogen) atoms. The van der Waals surface area contributed by atoms with Crippen LogP contribution in [-0.2, 0) is 23.9 Å². The van der Waals surface area contributed by atoms with Crippen molar-refractivity contribution in [1.82, 2.24) is 0 Å². The van der Waals surface area contributed by atoms with Gasteiger partial charge in [0.2, 0.25) is 0 Å². The molecule has 0 aliphatic rings. The van der Waals surface area contributed by atoms with Gasteiger partial charge in [0.05, 0.1) is 24.0 Å². The van der Waals surface area contributed by atoms with Gasteiger partial charge in [-0.3, -0.25) is 14.4 Å². The molecule has 0 aromatic heterocycles. The third kappa shape index (κ3) is 13.0. The van der Waals surface area contributed by atoms with Crippen LogP contribution in [0.3, 0.4) is 0 Å². The van der Waals surface area contributed by atoms with Gasteiger partial charge < -0.3 is 9.47 Å². The molecule has 0 atom stereocenters. The molecular formula is C25H46O5. The van der Waals surface area contributed by atoms with Gasteiger partial charge in [-0.2, -0.15) is 0 Å². The van der Waals surface area contributed by atoms with E-state index in [1.54, 1.807) is 0 Å². The quantitative estimate of drug-likeness (QED) is 0.187. The molecule has 0 spiro atoms. The van der Waals surface area contributed by atoms with Crippen molar-refractivity contribution < 1.29 is 23.9 Å². The molecule has 0 aliphatic heterocycles. The maximum Gasteiger partial charge on any atom is 0.311 e. The van der Waals surface area contributed by atoms with E-state index in [9.17, 15) is 14.4 Å². The fourth-order valence-corrected chi connectivity index (χ4v) is 3.47. The van der Waals surface area contributed by atoms with Crippen molar-refractivity contribution in [1.29, 1.82) is 0 Å². The Morgan fingerprint density at radius 3 is 1.23 bits per heavy atom. The van der Waals surface area contributed by atoms with Gasteiger partial charge in [0, 0.05) is 12.8 Å². The predicted molar refractivity (Wildman–Crippen MR) is 121 cm³/mol. The Morgan fingerprint density at radius 2 is 0.900 bits per heavy atom. The zero-order valence-corrected chi connectivity index (χ0v) is 20.4. The summed E-state index contributed by atoms with van der Waals surface area (Å²) >= 11 is 0. The summed E-state index contributed by atoms with van der Waals surface area (Å²) in [6.07, 6.45) is 11.0. The minimum atomic E-state index is -0.419. The van der Waals surface area contributed by atoms with Gasteiger partial charge in [0.1, 0.15) is 5.78 Å². The Balaban J connectivity index is 3.69. The smallest absolute Gasteiger partial charge is 0.311 e.